The van der Waals surface area contributed by atoms with E-state index in [1.54, 1.807) is 9.13 Å². The normalized spacial score (nSPS) is 13.0. The van der Waals surface area contributed by atoms with Crippen LogP contribution in [-0.2, 0) is 24.1 Å². The van der Waals surface area contributed by atoms with Gasteiger partial charge in [0.15, 0.2) is 11.6 Å². The van der Waals surface area contributed by atoms with Gasteiger partial charge in [0, 0.05) is 12.7 Å². The van der Waals surface area contributed by atoms with Gasteiger partial charge in [-0.25, -0.2) is 9.97 Å². The van der Waals surface area contributed by atoms with Crippen molar-refractivity contribution in [1.82, 2.24) is 29.3 Å². The van der Waals surface area contributed by atoms with Crippen molar-refractivity contribution in [3.63, 3.8) is 0 Å². The van der Waals surface area contributed by atoms with Gasteiger partial charge < -0.3 is 13.7 Å². The van der Waals surface area contributed by atoms with Gasteiger partial charge in [0.1, 0.15) is 24.9 Å². The molecule has 0 unspecified atom stereocenters. The number of alkyl halides is 3. The van der Waals surface area contributed by atoms with Crippen molar-refractivity contribution in [1.29, 1.82) is 0 Å². The molecule has 0 N–H and O–H groups in total. The third-order valence-electron chi connectivity index (χ3n) is 4.73. The number of benzene rings is 1. The SMILES string of the molecule is COCc1nnc2n1Cc1c(-c3ncco3)ncn1-c1ccc(C(F)(F)F)cc1-2. The highest BCUT2D eigenvalue weighted by atomic mass is 19.4. The van der Waals surface area contributed by atoms with Crippen LogP contribution in [0, 0.1) is 0 Å². The Morgan fingerprint density at radius 3 is 2.79 bits per heavy atom. The first-order valence-electron chi connectivity index (χ1n) is 8.56. The van der Waals surface area contributed by atoms with Crippen LogP contribution in [0.25, 0.3) is 28.7 Å². The number of aromatic nitrogens is 6. The van der Waals surface area contributed by atoms with Crippen molar-refractivity contribution in [3.05, 3.63) is 54.1 Å². The highest BCUT2D eigenvalue weighted by Crippen LogP contribution is 2.38. The molecule has 0 atom stereocenters. The predicted octanol–water partition coefficient (Wildman–Crippen LogP) is 3.31. The number of hydrogen-bond donors (Lipinski definition) is 0. The van der Waals surface area contributed by atoms with Crippen molar-refractivity contribution < 1.29 is 22.3 Å². The van der Waals surface area contributed by atoms with E-state index in [2.05, 4.69) is 20.2 Å². The number of nitrogens with zero attached hydrogens (tertiary/aromatic N) is 6. The first kappa shape index (κ1) is 17.6. The summed E-state index contributed by atoms with van der Waals surface area (Å²) in [7, 11) is 1.51. The largest absolute Gasteiger partial charge is 0.443 e. The molecule has 0 aliphatic carbocycles. The third-order valence-corrected chi connectivity index (χ3v) is 4.73. The molecule has 11 heteroatoms. The molecule has 0 saturated carbocycles. The van der Waals surface area contributed by atoms with Gasteiger partial charge >= 0.3 is 6.18 Å². The minimum atomic E-state index is -4.48. The molecule has 4 aromatic rings. The van der Waals surface area contributed by atoms with E-state index < -0.39 is 11.7 Å². The van der Waals surface area contributed by atoms with E-state index in [4.69, 9.17) is 9.15 Å². The van der Waals surface area contributed by atoms with Crippen molar-refractivity contribution in [2.24, 2.45) is 0 Å². The summed E-state index contributed by atoms with van der Waals surface area (Å²) >= 11 is 0. The zero-order valence-electron chi connectivity index (χ0n) is 15.0. The zero-order chi connectivity index (χ0) is 20.2. The van der Waals surface area contributed by atoms with Crippen LogP contribution in [0.3, 0.4) is 0 Å². The van der Waals surface area contributed by atoms with Crippen LogP contribution in [-0.4, -0.2) is 36.4 Å². The van der Waals surface area contributed by atoms with Crippen LogP contribution in [0.5, 0.6) is 0 Å². The molecule has 1 aliphatic heterocycles. The Bertz CT molecular complexity index is 1190. The smallest absolute Gasteiger partial charge is 0.416 e. The van der Waals surface area contributed by atoms with Crippen LogP contribution in [0.15, 0.2) is 41.4 Å². The first-order chi connectivity index (χ1) is 14.0. The Labute approximate surface area is 161 Å². The summed E-state index contributed by atoms with van der Waals surface area (Å²) in [6.07, 6.45) is -0.0108. The van der Waals surface area contributed by atoms with Crippen LogP contribution < -0.4 is 0 Å². The van der Waals surface area contributed by atoms with E-state index in [0.29, 0.717) is 40.2 Å². The molecule has 29 heavy (non-hydrogen) atoms. The fraction of sp³-hybridized carbons (Fsp3) is 0.222. The lowest BCUT2D eigenvalue weighted by molar-refractivity contribution is -0.137. The Hall–Kier alpha value is -3.47. The Kier molecular flexibility index (Phi) is 3.81. The molecule has 148 valence electrons. The van der Waals surface area contributed by atoms with Crippen LogP contribution in [0.2, 0.25) is 0 Å². The first-order valence-corrected chi connectivity index (χ1v) is 8.56. The van der Waals surface area contributed by atoms with Gasteiger partial charge in [0.2, 0.25) is 5.89 Å². The molecular weight excluding hydrogens is 389 g/mol. The lowest BCUT2D eigenvalue weighted by atomic mass is 10.1. The molecule has 4 heterocycles. The molecule has 8 nitrogen and oxygen atoms in total. The summed E-state index contributed by atoms with van der Waals surface area (Å²) in [5.41, 5.74) is 1.21. The maximum Gasteiger partial charge on any atom is 0.416 e. The van der Waals surface area contributed by atoms with E-state index in [-0.39, 0.29) is 13.2 Å². The number of ether oxygens (including phenoxy) is 1. The van der Waals surface area contributed by atoms with Gasteiger partial charge in [-0.1, -0.05) is 0 Å². The molecular formula is C18H13F3N6O2. The van der Waals surface area contributed by atoms with E-state index in [1.807, 2.05) is 0 Å². The van der Waals surface area contributed by atoms with E-state index in [1.165, 1.54) is 32.0 Å². The van der Waals surface area contributed by atoms with Crippen LogP contribution in [0.1, 0.15) is 17.1 Å². The number of imidazole rings is 1. The lowest BCUT2D eigenvalue weighted by Crippen LogP contribution is -2.09. The molecule has 0 spiro atoms. The van der Waals surface area contributed by atoms with Crippen LogP contribution >= 0.6 is 0 Å². The maximum absolute atomic E-state index is 13.3. The average Bonchev–Trinajstić information content (AvgIpc) is 3.41. The van der Waals surface area contributed by atoms with Gasteiger partial charge in [0.25, 0.3) is 0 Å². The van der Waals surface area contributed by atoms with E-state index >= 15 is 0 Å². The highest BCUT2D eigenvalue weighted by molar-refractivity contribution is 5.72. The summed E-state index contributed by atoms with van der Waals surface area (Å²) in [4.78, 5) is 8.53. The molecule has 0 radical (unpaired) electrons. The molecule has 3 aromatic heterocycles. The minimum Gasteiger partial charge on any atom is -0.443 e. The Morgan fingerprint density at radius 1 is 1.21 bits per heavy atom. The van der Waals surface area contributed by atoms with Gasteiger partial charge in [-0.3, -0.25) is 4.57 Å². The number of rotatable bonds is 3. The second-order valence-electron chi connectivity index (χ2n) is 6.44. The Balaban J connectivity index is 1.79. The fourth-order valence-corrected chi connectivity index (χ4v) is 3.44. The fourth-order valence-electron chi connectivity index (χ4n) is 3.44. The molecule has 1 aliphatic rings. The van der Waals surface area contributed by atoms with Crippen molar-refractivity contribution in [2.75, 3.05) is 7.11 Å². The zero-order valence-corrected chi connectivity index (χ0v) is 15.0. The molecule has 5 rings (SSSR count). The summed E-state index contributed by atoms with van der Waals surface area (Å²) < 4.78 is 54.0. The highest BCUT2D eigenvalue weighted by Gasteiger charge is 2.34. The predicted molar refractivity (Wildman–Crippen MR) is 92.9 cm³/mol. The molecule has 0 fully saturated rings. The second kappa shape index (κ2) is 6.27. The standard InChI is InChI=1S/C18H13F3N6O2/c1-28-8-14-24-25-16-11-6-10(18(19,20)21)2-3-12(11)27-9-23-15(13(27)7-26(14)16)17-22-4-5-29-17/h2-6,9H,7-8H2,1H3. The molecule has 0 bridgehead atoms. The summed E-state index contributed by atoms with van der Waals surface area (Å²) in [6, 6.07) is 3.52. The van der Waals surface area contributed by atoms with Crippen molar-refractivity contribution in [2.45, 2.75) is 19.3 Å². The van der Waals surface area contributed by atoms with Crippen LogP contribution in [0.4, 0.5) is 13.2 Å². The number of hydrogen-bond acceptors (Lipinski definition) is 6. The van der Waals surface area contributed by atoms with Gasteiger partial charge in [-0.05, 0) is 18.2 Å². The second-order valence-corrected chi connectivity index (χ2v) is 6.44. The van der Waals surface area contributed by atoms with Gasteiger partial charge in [-0.15, -0.1) is 10.2 Å². The summed E-state index contributed by atoms with van der Waals surface area (Å²) in [5.74, 6) is 1.12. The van der Waals surface area contributed by atoms with E-state index in [0.717, 1.165) is 12.1 Å². The number of oxazole rings is 1. The molecule has 0 saturated heterocycles. The van der Waals surface area contributed by atoms with Gasteiger partial charge in [-0.2, -0.15) is 13.2 Å². The molecule has 0 amide bonds. The van der Waals surface area contributed by atoms with Crippen molar-refractivity contribution >= 4 is 0 Å². The van der Waals surface area contributed by atoms with Gasteiger partial charge in [0.05, 0.1) is 29.7 Å². The van der Waals surface area contributed by atoms with Crippen molar-refractivity contribution in [3.8, 4) is 28.7 Å². The number of halogens is 3. The number of methoxy groups -OCH3 is 1. The summed E-state index contributed by atoms with van der Waals surface area (Å²) in [6.45, 7) is 0.415. The number of fused-ring (bicyclic) bond motifs is 5. The minimum absolute atomic E-state index is 0.157. The third kappa shape index (κ3) is 2.73. The molecule has 1 aromatic carbocycles. The van der Waals surface area contributed by atoms with E-state index in [9.17, 15) is 13.2 Å². The quantitative estimate of drug-likeness (QED) is 0.460. The monoisotopic (exact) mass is 402 g/mol. The Morgan fingerprint density at radius 2 is 2.07 bits per heavy atom. The summed E-state index contributed by atoms with van der Waals surface area (Å²) in [5, 5.41) is 8.26. The lowest BCUT2D eigenvalue weighted by Gasteiger charge is -2.12. The maximum atomic E-state index is 13.3. The average molecular weight is 402 g/mol. The topological polar surface area (TPSA) is 83.8 Å².